The highest BCUT2D eigenvalue weighted by atomic mass is 19.1. The second-order valence-corrected chi connectivity index (χ2v) is 6.45. The van der Waals surface area contributed by atoms with Gasteiger partial charge in [-0.05, 0) is 31.0 Å². The third-order valence-electron chi connectivity index (χ3n) is 4.51. The number of β-amino-alcohol motifs (C(OH)–C–C–N with tert-alkyl or cyclic N) is 1. The zero-order valence-electron chi connectivity index (χ0n) is 14.2. The molecule has 1 aliphatic heterocycles. The van der Waals surface area contributed by atoms with E-state index in [0.717, 1.165) is 11.9 Å². The van der Waals surface area contributed by atoms with Crippen molar-refractivity contribution in [3.05, 3.63) is 42.1 Å². The molecule has 0 spiro atoms. The summed E-state index contributed by atoms with van der Waals surface area (Å²) in [6.07, 6.45) is 4.33. The predicted molar refractivity (Wildman–Crippen MR) is 90.5 cm³/mol. The highest BCUT2D eigenvalue weighted by molar-refractivity contribution is 5.76. The molecular weight excluding hydrogens is 325 g/mol. The van der Waals surface area contributed by atoms with Gasteiger partial charge >= 0.3 is 0 Å². The molecule has 2 N–H and O–H groups in total. The van der Waals surface area contributed by atoms with Crippen LogP contribution in [0.5, 0.6) is 0 Å². The van der Waals surface area contributed by atoms with Crippen molar-refractivity contribution in [3.8, 4) is 0 Å². The van der Waals surface area contributed by atoms with Gasteiger partial charge in [-0.15, -0.1) is 0 Å². The molecule has 134 valence electrons. The van der Waals surface area contributed by atoms with Crippen LogP contribution in [0.2, 0.25) is 0 Å². The molecule has 1 saturated heterocycles. The number of rotatable bonds is 6. The largest absolute Gasteiger partial charge is 0.386 e. The smallest absolute Gasteiger partial charge is 0.220 e. The fourth-order valence-electron chi connectivity index (χ4n) is 2.99. The summed E-state index contributed by atoms with van der Waals surface area (Å²) >= 11 is 0. The van der Waals surface area contributed by atoms with E-state index in [1.165, 1.54) is 6.07 Å². The minimum absolute atomic E-state index is 0.104. The molecule has 1 atom stereocenters. The second-order valence-electron chi connectivity index (χ2n) is 6.45. The number of aromatic nitrogens is 3. The van der Waals surface area contributed by atoms with Crippen molar-refractivity contribution in [1.82, 2.24) is 20.1 Å². The Labute approximate surface area is 145 Å². The molecule has 1 fully saturated rings. The summed E-state index contributed by atoms with van der Waals surface area (Å²) in [5.74, 6) is 0.131. The number of hydrogen-bond acceptors (Lipinski definition) is 5. The predicted octanol–water partition coefficient (Wildman–Crippen LogP) is 0.644. The molecule has 3 rings (SSSR count). The zero-order valence-corrected chi connectivity index (χ0v) is 14.2. The van der Waals surface area contributed by atoms with Crippen LogP contribution in [0.15, 0.2) is 30.6 Å². The Bertz CT molecular complexity index is 733. The van der Waals surface area contributed by atoms with E-state index >= 15 is 0 Å². The monoisotopic (exact) mass is 347 g/mol. The van der Waals surface area contributed by atoms with Gasteiger partial charge in [-0.1, -0.05) is 0 Å². The zero-order chi connectivity index (χ0) is 17.9. The maximum Gasteiger partial charge on any atom is 0.220 e. The molecule has 7 nitrogen and oxygen atoms in total. The molecule has 0 aliphatic carbocycles. The number of nitrogens with one attached hydrogen (secondary N) is 1. The van der Waals surface area contributed by atoms with E-state index in [1.807, 2.05) is 18.0 Å². The van der Waals surface area contributed by atoms with Gasteiger partial charge in [0.15, 0.2) is 0 Å². The maximum atomic E-state index is 13.0. The third kappa shape index (κ3) is 4.33. The average Bonchev–Trinajstić information content (AvgIpc) is 3.18. The van der Waals surface area contributed by atoms with Crippen molar-refractivity contribution in [2.24, 2.45) is 7.05 Å². The Hall–Kier alpha value is -2.48. The Morgan fingerprint density at radius 3 is 2.96 bits per heavy atom. The van der Waals surface area contributed by atoms with Crippen molar-refractivity contribution in [3.63, 3.8) is 0 Å². The Morgan fingerprint density at radius 1 is 1.44 bits per heavy atom. The summed E-state index contributed by atoms with van der Waals surface area (Å²) in [5, 5.41) is 17.5. The maximum absolute atomic E-state index is 13.0. The van der Waals surface area contributed by atoms with Crippen molar-refractivity contribution >= 4 is 11.7 Å². The highest BCUT2D eigenvalue weighted by Gasteiger charge is 2.36. The van der Waals surface area contributed by atoms with E-state index in [9.17, 15) is 14.3 Å². The van der Waals surface area contributed by atoms with E-state index in [2.05, 4.69) is 15.4 Å². The summed E-state index contributed by atoms with van der Waals surface area (Å²) in [6.45, 7) is 1.16. The number of aryl methyl sites for hydroxylation is 2. The number of anilines is 1. The number of pyridine rings is 1. The van der Waals surface area contributed by atoms with Crippen molar-refractivity contribution in [1.29, 1.82) is 0 Å². The number of carbonyl (C=O) groups excluding carboxylic acids is 1. The minimum atomic E-state index is -1.00. The van der Waals surface area contributed by atoms with Gasteiger partial charge in [0.2, 0.25) is 5.91 Å². The third-order valence-corrected chi connectivity index (χ3v) is 4.51. The first kappa shape index (κ1) is 17.3. The Morgan fingerprint density at radius 2 is 2.28 bits per heavy atom. The van der Waals surface area contributed by atoms with Gasteiger partial charge in [-0.2, -0.15) is 5.10 Å². The van der Waals surface area contributed by atoms with Crippen LogP contribution in [0, 0.1) is 5.82 Å². The standard InChI is InChI=1S/C17H22FN5O2/c1-22-14(6-8-21-22)3-5-16(24)20-11-17(25)7-9-23(12-17)15-4-2-13(18)10-19-15/h2,4,6,8,10,25H,3,5,7,9,11-12H2,1H3,(H,20,24)/t17-/m1/s1. The van der Waals surface area contributed by atoms with Gasteiger partial charge < -0.3 is 15.3 Å². The first-order chi connectivity index (χ1) is 12.0. The van der Waals surface area contributed by atoms with Gasteiger partial charge in [0.25, 0.3) is 0 Å². The molecule has 1 amide bonds. The minimum Gasteiger partial charge on any atom is -0.386 e. The van der Waals surface area contributed by atoms with Crippen LogP contribution >= 0.6 is 0 Å². The van der Waals surface area contributed by atoms with E-state index < -0.39 is 5.60 Å². The first-order valence-electron chi connectivity index (χ1n) is 8.28. The lowest BCUT2D eigenvalue weighted by molar-refractivity contribution is -0.122. The molecular formula is C17H22FN5O2. The van der Waals surface area contributed by atoms with Gasteiger partial charge in [0, 0.05) is 45.0 Å². The lowest BCUT2D eigenvalue weighted by atomic mass is 10.0. The summed E-state index contributed by atoms with van der Waals surface area (Å²) in [7, 11) is 1.84. The quantitative estimate of drug-likeness (QED) is 0.801. The van der Waals surface area contributed by atoms with Crippen LogP contribution in [0.1, 0.15) is 18.5 Å². The SMILES string of the molecule is Cn1nccc1CCC(=O)NC[C@]1(O)CCN(c2ccc(F)cn2)C1. The molecule has 0 unspecified atom stereocenters. The number of carbonyl (C=O) groups is 1. The molecule has 1 aliphatic rings. The van der Waals surface area contributed by atoms with Crippen LogP contribution in [0.4, 0.5) is 10.2 Å². The number of hydrogen-bond donors (Lipinski definition) is 2. The van der Waals surface area contributed by atoms with Gasteiger partial charge in [-0.25, -0.2) is 9.37 Å². The summed E-state index contributed by atoms with van der Waals surface area (Å²) in [4.78, 5) is 17.9. The molecule has 3 heterocycles. The topological polar surface area (TPSA) is 83.3 Å². The molecule has 0 radical (unpaired) electrons. The Balaban J connectivity index is 1.47. The van der Waals surface area contributed by atoms with Crippen molar-refractivity contribution in [2.75, 3.05) is 24.5 Å². The van der Waals surface area contributed by atoms with E-state index in [-0.39, 0.29) is 18.3 Å². The van der Waals surface area contributed by atoms with Crippen molar-refractivity contribution < 1.29 is 14.3 Å². The average molecular weight is 347 g/mol. The number of amides is 1. The summed E-state index contributed by atoms with van der Waals surface area (Å²) in [5.41, 5.74) is -0.0126. The van der Waals surface area contributed by atoms with Gasteiger partial charge in [-0.3, -0.25) is 9.48 Å². The lowest BCUT2D eigenvalue weighted by Gasteiger charge is -2.24. The molecule has 0 saturated carbocycles. The lowest BCUT2D eigenvalue weighted by Crippen LogP contribution is -2.45. The fraction of sp³-hybridized carbons (Fsp3) is 0.471. The highest BCUT2D eigenvalue weighted by Crippen LogP contribution is 2.25. The first-order valence-corrected chi connectivity index (χ1v) is 8.28. The second kappa shape index (κ2) is 7.18. The van der Waals surface area contributed by atoms with E-state index in [1.54, 1.807) is 16.9 Å². The number of nitrogens with zero attached hydrogens (tertiary/aromatic N) is 4. The molecule has 2 aromatic heterocycles. The normalized spacial score (nSPS) is 20.0. The van der Waals surface area contributed by atoms with Crippen LogP contribution < -0.4 is 10.2 Å². The van der Waals surface area contributed by atoms with Gasteiger partial charge in [0.1, 0.15) is 17.2 Å². The Kier molecular flexibility index (Phi) is 4.98. The molecule has 0 aromatic carbocycles. The van der Waals surface area contributed by atoms with Crippen LogP contribution in [-0.2, 0) is 18.3 Å². The summed E-state index contributed by atoms with van der Waals surface area (Å²) in [6, 6.07) is 4.82. The van der Waals surface area contributed by atoms with Crippen LogP contribution in [-0.4, -0.2) is 51.0 Å². The number of aliphatic hydroxyl groups is 1. The van der Waals surface area contributed by atoms with Crippen LogP contribution in [0.25, 0.3) is 0 Å². The molecule has 2 aromatic rings. The van der Waals surface area contributed by atoms with E-state index in [4.69, 9.17) is 0 Å². The molecule has 8 heteroatoms. The van der Waals surface area contributed by atoms with Crippen LogP contribution in [0.3, 0.4) is 0 Å². The number of halogens is 1. The van der Waals surface area contributed by atoms with Crippen molar-refractivity contribution in [2.45, 2.75) is 24.9 Å². The van der Waals surface area contributed by atoms with Gasteiger partial charge in [0.05, 0.1) is 6.20 Å². The molecule has 0 bridgehead atoms. The molecule has 25 heavy (non-hydrogen) atoms. The fourth-order valence-corrected chi connectivity index (χ4v) is 2.99. The summed E-state index contributed by atoms with van der Waals surface area (Å²) < 4.78 is 14.7. The van der Waals surface area contributed by atoms with E-state index in [0.29, 0.717) is 38.2 Å².